The maximum Gasteiger partial charge on any atom is 0.127 e. The number of nitrogens with one attached hydrogen (secondary N) is 1. The van der Waals surface area contributed by atoms with Crippen molar-refractivity contribution in [1.82, 2.24) is 5.43 Å². The van der Waals surface area contributed by atoms with E-state index in [4.69, 9.17) is 0 Å². The third-order valence-electron chi connectivity index (χ3n) is 2.18. The fourth-order valence-electron chi connectivity index (χ4n) is 1.58. The quantitative estimate of drug-likeness (QED) is 0.763. The van der Waals surface area contributed by atoms with Crippen LogP contribution in [0.3, 0.4) is 0 Å². The molecule has 0 bridgehead atoms. The minimum atomic E-state index is 0.252. The predicted octanol–water partition coefficient (Wildman–Crippen LogP) is 2.80. The summed E-state index contributed by atoms with van der Waals surface area (Å²) in [4.78, 5) is 2.17. The van der Waals surface area contributed by atoms with Gasteiger partial charge in [0.15, 0.2) is 0 Å². The van der Waals surface area contributed by atoms with Crippen LogP contribution in [-0.4, -0.2) is 12.0 Å². The third-order valence-corrected chi connectivity index (χ3v) is 2.18. The smallest absolute Gasteiger partial charge is 0.127 e. The van der Waals surface area contributed by atoms with Gasteiger partial charge in [0, 0.05) is 5.69 Å². The molecule has 3 heteroatoms. The Morgan fingerprint density at radius 3 is 2.27 bits per heavy atom. The second-order valence-corrected chi connectivity index (χ2v) is 3.17. The number of benzene rings is 1. The van der Waals surface area contributed by atoms with Gasteiger partial charge in [-0.05, 0) is 26.0 Å². The summed E-state index contributed by atoms with van der Waals surface area (Å²) in [7, 11) is 0. The van der Waals surface area contributed by atoms with Gasteiger partial charge in [0.05, 0.1) is 0 Å². The molecule has 0 fully saturated rings. The standard InChI is InChI=1S/C10H13N3.C2H6/c1-8-11-12-9(2)13(8)10-6-4-3-5-7-10;1-2/h3-8,11H,1-2H3;1-2H3. The molecule has 0 spiro atoms. The monoisotopic (exact) mass is 205 g/mol. The molecule has 1 atom stereocenters. The van der Waals surface area contributed by atoms with Gasteiger partial charge < -0.3 is 4.90 Å². The Balaban J connectivity index is 0.000000531. The lowest BCUT2D eigenvalue weighted by Crippen LogP contribution is -2.36. The van der Waals surface area contributed by atoms with Gasteiger partial charge >= 0.3 is 0 Å². The third kappa shape index (κ3) is 2.49. The molecule has 2 rings (SSSR count). The number of anilines is 1. The van der Waals surface area contributed by atoms with Crippen LogP contribution in [0, 0.1) is 0 Å². The van der Waals surface area contributed by atoms with Gasteiger partial charge in [-0.25, -0.2) is 0 Å². The Bertz CT molecular complexity index is 319. The first-order valence-corrected chi connectivity index (χ1v) is 5.43. The largest absolute Gasteiger partial charge is 0.307 e. The molecule has 1 unspecified atom stereocenters. The van der Waals surface area contributed by atoms with Gasteiger partial charge in [-0.2, -0.15) is 5.10 Å². The van der Waals surface area contributed by atoms with Crippen LogP contribution in [0.5, 0.6) is 0 Å². The summed E-state index contributed by atoms with van der Waals surface area (Å²) in [5.74, 6) is 1.01. The zero-order chi connectivity index (χ0) is 11.3. The maximum absolute atomic E-state index is 4.17. The van der Waals surface area contributed by atoms with Crippen LogP contribution >= 0.6 is 0 Å². The van der Waals surface area contributed by atoms with Gasteiger partial charge in [-0.15, -0.1) is 0 Å². The Morgan fingerprint density at radius 1 is 1.20 bits per heavy atom. The highest BCUT2D eigenvalue weighted by atomic mass is 15.5. The molecule has 1 heterocycles. The number of para-hydroxylation sites is 1. The highest BCUT2D eigenvalue weighted by Crippen LogP contribution is 2.18. The Morgan fingerprint density at radius 2 is 1.80 bits per heavy atom. The fourth-order valence-corrected chi connectivity index (χ4v) is 1.58. The molecule has 1 N–H and O–H groups in total. The van der Waals surface area contributed by atoms with Crippen molar-refractivity contribution in [3.63, 3.8) is 0 Å². The lowest BCUT2D eigenvalue weighted by molar-refractivity contribution is 0.632. The van der Waals surface area contributed by atoms with E-state index in [-0.39, 0.29) is 6.17 Å². The molecule has 0 radical (unpaired) electrons. The molecule has 0 amide bonds. The molecular weight excluding hydrogens is 186 g/mol. The minimum Gasteiger partial charge on any atom is -0.307 e. The molecule has 1 aromatic carbocycles. The van der Waals surface area contributed by atoms with Crippen LogP contribution < -0.4 is 10.3 Å². The number of rotatable bonds is 1. The normalized spacial score (nSPS) is 18.8. The topological polar surface area (TPSA) is 27.6 Å². The minimum absolute atomic E-state index is 0.252. The summed E-state index contributed by atoms with van der Waals surface area (Å²) in [5, 5.41) is 4.17. The van der Waals surface area contributed by atoms with Crippen LogP contribution in [0.1, 0.15) is 27.7 Å². The summed E-state index contributed by atoms with van der Waals surface area (Å²) in [6.45, 7) is 8.09. The summed E-state index contributed by atoms with van der Waals surface area (Å²) in [6, 6.07) is 10.3. The van der Waals surface area contributed by atoms with Gasteiger partial charge in [0.2, 0.25) is 0 Å². The summed E-state index contributed by atoms with van der Waals surface area (Å²) in [5.41, 5.74) is 4.21. The molecule has 1 aliphatic rings. The van der Waals surface area contributed by atoms with Crippen LogP contribution in [0.4, 0.5) is 5.69 Å². The summed E-state index contributed by atoms with van der Waals surface area (Å²) in [6.07, 6.45) is 0.252. The van der Waals surface area contributed by atoms with Crippen molar-refractivity contribution >= 4 is 11.5 Å². The lowest BCUT2D eigenvalue weighted by atomic mass is 10.2. The number of hydrogen-bond acceptors (Lipinski definition) is 3. The number of amidine groups is 1. The van der Waals surface area contributed by atoms with E-state index in [1.165, 1.54) is 5.69 Å². The van der Waals surface area contributed by atoms with Crippen molar-refractivity contribution < 1.29 is 0 Å². The van der Waals surface area contributed by atoms with E-state index in [0.717, 1.165) is 5.84 Å². The molecule has 82 valence electrons. The Hall–Kier alpha value is -1.51. The average molecular weight is 205 g/mol. The molecule has 15 heavy (non-hydrogen) atoms. The van der Waals surface area contributed by atoms with E-state index in [9.17, 15) is 0 Å². The van der Waals surface area contributed by atoms with E-state index in [2.05, 4.69) is 34.5 Å². The number of hydrogen-bond donors (Lipinski definition) is 1. The molecule has 0 aromatic heterocycles. The van der Waals surface area contributed by atoms with Gasteiger partial charge in [-0.1, -0.05) is 32.0 Å². The SMILES string of the molecule is CC.CC1=NNC(C)N1c1ccccc1. The van der Waals surface area contributed by atoms with Gasteiger partial charge in [0.1, 0.15) is 12.0 Å². The number of hydrazone groups is 1. The second-order valence-electron chi connectivity index (χ2n) is 3.17. The first-order chi connectivity index (χ1) is 7.29. The predicted molar refractivity (Wildman–Crippen MR) is 66.0 cm³/mol. The lowest BCUT2D eigenvalue weighted by Gasteiger charge is -2.22. The molecule has 0 saturated heterocycles. The number of nitrogens with zero attached hydrogens (tertiary/aromatic N) is 2. The zero-order valence-electron chi connectivity index (χ0n) is 9.86. The van der Waals surface area contributed by atoms with E-state index >= 15 is 0 Å². The van der Waals surface area contributed by atoms with Crippen molar-refractivity contribution in [3.8, 4) is 0 Å². The van der Waals surface area contributed by atoms with Crippen molar-refractivity contribution in [2.75, 3.05) is 4.90 Å². The molecular formula is C12H19N3. The van der Waals surface area contributed by atoms with Crippen molar-refractivity contribution in [2.24, 2.45) is 5.10 Å². The second kappa shape index (κ2) is 5.39. The van der Waals surface area contributed by atoms with Crippen LogP contribution in [0.25, 0.3) is 0 Å². The van der Waals surface area contributed by atoms with E-state index < -0.39 is 0 Å². The molecule has 1 aromatic rings. The Labute approximate surface area is 91.8 Å². The van der Waals surface area contributed by atoms with E-state index in [0.29, 0.717) is 0 Å². The van der Waals surface area contributed by atoms with Crippen LogP contribution in [0.2, 0.25) is 0 Å². The maximum atomic E-state index is 4.17. The summed E-state index contributed by atoms with van der Waals surface area (Å²) >= 11 is 0. The zero-order valence-corrected chi connectivity index (χ0v) is 9.86. The van der Waals surface area contributed by atoms with Crippen molar-refractivity contribution in [3.05, 3.63) is 30.3 Å². The van der Waals surface area contributed by atoms with Crippen molar-refractivity contribution in [2.45, 2.75) is 33.9 Å². The molecule has 1 aliphatic heterocycles. The van der Waals surface area contributed by atoms with Crippen LogP contribution in [-0.2, 0) is 0 Å². The van der Waals surface area contributed by atoms with Crippen LogP contribution in [0.15, 0.2) is 35.4 Å². The van der Waals surface area contributed by atoms with E-state index in [1.54, 1.807) is 0 Å². The summed E-state index contributed by atoms with van der Waals surface area (Å²) < 4.78 is 0. The van der Waals surface area contributed by atoms with E-state index in [1.807, 2.05) is 39.0 Å². The van der Waals surface area contributed by atoms with Gasteiger partial charge in [-0.3, -0.25) is 5.43 Å². The molecule has 0 saturated carbocycles. The molecule has 3 nitrogen and oxygen atoms in total. The highest BCUT2D eigenvalue weighted by Gasteiger charge is 2.21. The first kappa shape index (κ1) is 11.6. The Kier molecular flexibility index (Phi) is 4.16. The van der Waals surface area contributed by atoms with Crippen molar-refractivity contribution in [1.29, 1.82) is 0 Å². The first-order valence-electron chi connectivity index (χ1n) is 5.43. The highest BCUT2D eigenvalue weighted by molar-refractivity contribution is 5.97. The molecule has 0 aliphatic carbocycles. The average Bonchev–Trinajstić information content (AvgIpc) is 2.63. The fraction of sp³-hybridized carbons (Fsp3) is 0.417. The van der Waals surface area contributed by atoms with Gasteiger partial charge in [0.25, 0.3) is 0 Å².